The highest BCUT2D eigenvalue weighted by Crippen LogP contribution is 2.35. The van der Waals surface area contributed by atoms with E-state index in [0.29, 0.717) is 11.6 Å². The van der Waals surface area contributed by atoms with Crippen molar-refractivity contribution in [3.63, 3.8) is 0 Å². The Bertz CT molecular complexity index is 779. The summed E-state index contributed by atoms with van der Waals surface area (Å²) in [4.78, 5) is 18.0. The Hall–Kier alpha value is -2.08. The van der Waals surface area contributed by atoms with Gasteiger partial charge in [0.1, 0.15) is 0 Å². The van der Waals surface area contributed by atoms with Crippen LogP contribution < -0.4 is 0 Å². The smallest absolute Gasteiger partial charge is 0.335 e. The van der Waals surface area contributed by atoms with Crippen LogP contribution in [0.4, 0.5) is 13.2 Å². The van der Waals surface area contributed by atoms with Crippen LogP contribution in [-0.2, 0) is 17.4 Å². The molecule has 2 aromatic rings. The molecule has 0 N–H and O–H groups in total. The molecule has 3 nitrogen and oxygen atoms in total. The lowest BCUT2D eigenvalue weighted by Crippen LogP contribution is -2.32. The number of pyridine rings is 1. The second-order valence-electron chi connectivity index (χ2n) is 6.01. The zero-order valence-corrected chi connectivity index (χ0v) is 14.0. The number of carbonyl (C=O) groups is 1. The fraction of sp³-hybridized carbons (Fsp3) is 0.333. The standard InChI is InChI=1S/C18H16ClF3N2O/c19-14-4-1-3-12(9-14)16-5-2-8-24(16)17(25)10-13-11-23-7-6-15(13)18(20,21)22/h1,3-4,6-7,9,11,16H,2,5,8,10H2. The Labute approximate surface area is 148 Å². The maximum absolute atomic E-state index is 13.1. The van der Waals surface area contributed by atoms with Crippen LogP contribution in [0.3, 0.4) is 0 Å². The van der Waals surface area contributed by atoms with Gasteiger partial charge in [-0.1, -0.05) is 23.7 Å². The van der Waals surface area contributed by atoms with Gasteiger partial charge in [0.25, 0.3) is 0 Å². The molecule has 1 unspecified atom stereocenters. The summed E-state index contributed by atoms with van der Waals surface area (Å²) < 4.78 is 39.3. The van der Waals surface area contributed by atoms with Crippen molar-refractivity contribution in [2.45, 2.75) is 31.5 Å². The summed E-state index contributed by atoms with van der Waals surface area (Å²) in [6.45, 7) is 0.525. The molecule has 1 amide bonds. The lowest BCUT2D eigenvalue weighted by atomic mass is 10.0. The largest absolute Gasteiger partial charge is 0.416 e. The predicted molar refractivity (Wildman–Crippen MR) is 88.1 cm³/mol. The van der Waals surface area contributed by atoms with Crippen molar-refractivity contribution < 1.29 is 18.0 Å². The van der Waals surface area contributed by atoms with Gasteiger partial charge in [0, 0.05) is 24.0 Å². The summed E-state index contributed by atoms with van der Waals surface area (Å²) in [7, 11) is 0. The van der Waals surface area contributed by atoms with E-state index in [2.05, 4.69) is 4.98 Å². The SMILES string of the molecule is O=C(Cc1cnccc1C(F)(F)F)N1CCCC1c1cccc(Cl)c1. The number of rotatable bonds is 3. The average Bonchev–Trinajstić information content (AvgIpc) is 3.04. The summed E-state index contributed by atoms with van der Waals surface area (Å²) in [6.07, 6.45) is -1.05. The van der Waals surface area contributed by atoms with Gasteiger partial charge in [-0.15, -0.1) is 0 Å². The van der Waals surface area contributed by atoms with Gasteiger partial charge in [0.05, 0.1) is 18.0 Å². The second kappa shape index (κ2) is 7.04. The molecule has 7 heteroatoms. The van der Waals surface area contributed by atoms with Crippen molar-refractivity contribution in [2.75, 3.05) is 6.54 Å². The molecular formula is C18H16ClF3N2O. The van der Waals surface area contributed by atoms with Crippen LogP contribution in [0.1, 0.15) is 35.6 Å². The Kier molecular flexibility index (Phi) is 4.99. The number of alkyl halides is 3. The highest BCUT2D eigenvalue weighted by Gasteiger charge is 2.35. The fourth-order valence-electron chi connectivity index (χ4n) is 3.23. The van der Waals surface area contributed by atoms with Crippen LogP contribution >= 0.6 is 11.6 Å². The third-order valence-electron chi connectivity index (χ3n) is 4.36. The molecule has 1 aliphatic rings. The third kappa shape index (κ3) is 3.95. The Morgan fingerprint density at radius 1 is 1.32 bits per heavy atom. The third-order valence-corrected chi connectivity index (χ3v) is 4.59. The van der Waals surface area contributed by atoms with E-state index in [-0.39, 0.29) is 23.9 Å². The first-order valence-corrected chi connectivity index (χ1v) is 8.29. The molecule has 1 aromatic heterocycles. The van der Waals surface area contributed by atoms with Gasteiger partial charge in [-0.3, -0.25) is 9.78 Å². The molecule has 0 saturated carbocycles. The molecule has 0 radical (unpaired) electrons. The Morgan fingerprint density at radius 3 is 2.84 bits per heavy atom. The van der Waals surface area contributed by atoms with Crippen molar-refractivity contribution in [3.8, 4) is 0 Å². The maximum atomic E-state index is 13.1. The maximum Gasteiger partial charge on any atom is 0.416 e. The first kappa shape index (κ1) is 17.7. The van der Waals surface area contributed by atoms with E-state index in [9.17, 15) is 18.0 Å². The summed E-state index contributed by atoms with van der Waals surface area (Å²) in [5.41, 5.74) is -0.00771. The summed E-state index contributed by atoms with van der Waals surface area (Å²) in [5, 5.41) is 0.573. The normalized spacial score (nSPS) is 17.8. The van der Waals surface area contributed by atoms with E-state index in [1.807, 2.05) is 12.1 Å². The lowest BCUT2D eigenvalue weighted by Gasteiger charge is -2.26. The first-order chi connectivity index (χ1) is 11.9. The van der Waals surface area contributed by atoms with Gasteiger partial charge < -0.3 is 4.90 Å². The minimum absolute atomic E-state index is 0.100. The summed E-state index contributed by atoms with van der Waals surface area (Å²) >= 11 is 6.01. The fourth-order valence-corrected chi connectivity index (χ4v) is 3.43. The highest BCUT2D eigenvalue weighted by molar-refractivity contribution is 6.30. The molecule has 0 spiro atoms. The minimum atomic E-state index is -4.50. The van der Waals surface area contributed by atoms with Crippen molar-refractivity contribution in [1.82, 2.24) is 9.88 Å². The summed E-state index contributed by atoms with van der Waals surface area (Å²) in [5.74, 6) is -0.332. The van der Waals surface area contributed by atoms with E-state index in [1.165, 1.54) is 0 Å². The number of hydrogen-bond donors (Lipinski definition) is 0. The monoisotopic (exact) mass is 368 g/mol. The Balaban J connectivity index is 1.82. The van der Waals surface area contributed by atoms with Crippen LogP contribution in [0.15, 0.2) is 42.7 Å². The molecule has 1 aromatic carbocycles. The number of carbonyl (C=O) groups excluding carboxylic acids is 1. The molecular weight excluding hydrogens is 353 g/mol. The van der Waals surface area contributed by atoms with Crippen LogP contribution in [0, 0.1) is 0 Å². The van der Waals surface area contributed by atoms with Gasteiger partial charge in [-0.05, 0) is 42.2 Å². The number of amides is 1. The summed E-state index contributed by atoms with van der Waals surface area (Å²) in [6, 6.07) is 7.98. The predicted octanol–water partition coefficient (Wildman–Crippen LogP) is 4.66. The highest BCUT2D eigenvalue weighted by atomic mass is 35.5. The van der Waals surface area contributed by atoms with Gasteiger partial charge >= 0.3 is 6.18 Å². The van der Waals surface area contributed by atoms with Crippen LogP contribution in [-0.4, -0.2) is 22.3 Å². The number of nitrogens with zero attached hydrogens (tertiary/aromatic N) is 2. The van der Waals surface area contributed by atoms with Crippen molar-refractivity contribution >= 4 is 17.5 Å². The molecule has 1 fully saturated rings. The number of halogens is 4. The van der Waals surface area contributed by atoms with E-state index in [1.54, 1.807) is 17.0 Å². The average molecular weight is 369 g/mol. The van der Waals surface area contributed by atoms with E-state index in [4.69, 9.17) is 11.6 Å². The molecule has 25 heavy (non-hydrogen) atoms. The van der Waals surface area contributed by atoms with Gasteiger partial charge in [0.2, 0.25) is 5.91 Å². The van der Waals surface area contributed by atoms with Crippen LogP contribution in [0.2, 0.25) is 5.02 Å². The quantitative estimate of drug-likeness (QED) is 0.789. The van der Waals surface area contributed by atoms with Crippen LogP contribution in [0.5, 0.6) is 0 Å². The number of aromatic nitrogens is 1. The molecule has 2 heterocycles. The molecule has 1 aliphatic heterocycles. The van der Waals surface area contributed by atoms with E-state index in [0.717, 1.165) is 36.9 Å². The van der Waals surface area contributed by atoms with Crippen molar-refractivity contribution in [2.24, 2.45) is 0 Å². The van der Waals surface area contributed by atoms with E-state index >= 15 is 0 Å². The zero-order valence-electron chi connectivity index (χ0n) is 13.3. The molecule has 3 rings (SSSR count). The van der Waals surface area contributed by atoms with E-state index < -0.39 is 11.7 Å². The molecule has 0 aliphatic carbocycles. The topological polar surface area (TPSA) is 33.2 Å². The Morgan fingerprint density at radius 2 is 2.12 bits per heavy atom. The van der Waals surface area contributed by atoms with Gasteiger partial charge in [-0.25, -0.2) is 0 Å². The molecule has 0 bridgehead atoms. The van der Waals surface area contributed by atoms with Crippen molar-refractivity contribution in [3.05, 3.63) is 64.4 Å². The molecule has 132 valence electrons. The van der Waals surface area contributed by atoms with Crippen LogP contribution in [0.25, 0.3) is 0 Å². The zero-order chi connectivity index (χ0) is 18.0. The minimum Gasteiger partial charge on any atom is -0.335 e. The molecule has 1 saturated heterocycles. The first-order valence-electron chi connectivity index (χ1n) is 7.91. The second-order valence-corrected chi connectivity index (χ2v) is 6.44. The number of likely N-dealkylation sites (tertiary alicyclic amines) is 1. The number of hydrogen-bond acceptors (Lipinski definition) is 2. The molecule has 1 atom stereocenters. The number of benzene rings is 1. The van der Waals surface area contributed by atoms with Gasteiger partial charge in [0.15, 0.2) is 0 Å². The van der Waals surface area contributed by atoms with Gasteiger partial charge in [-0.2, -0.15) is 13.2 Å². The van der Waals surface area contributed by atoms with Crippen molar-refractivity contribution in [1.29, 1.82) is 0 Å². The lowest BCUT2D eigenvalue weighted by molar-refractivity contribution is -0.138.